The minimum absolute atomic E-state index is 0.227. The largest absolute Gasteiger partial charge is 0.490 e. The van der Waals surface area contributed by atoms with Gasteiger partial charge in [0, 0.05) is 19.0 Å². The summed E-state index contributed by atoms with van der Waals surface area (Å²) in [6.07, 6.45) is 5.44. The molecule has 134 valence electrons. The minimum Gasteiger partial charge on any atom is -0.490 e. The fourth-order valence-corrected chi connectivity index (χ4v) is 4.18. The maximum atomic E-state index is 12.4. The van der Waals surface area contributed by atoms with Crippen LogP contribution in [-0.4, -0.2) is 52.7 Å². The van der Waals surface area contributed by atoms with E-state index in [2.05, 4.69) is 9.62 Å². The Kier molecular flexibility index (Phi) is 5.97. The molecule has 2 aliphatic rings. The molecule has 1 N–H and O–H groups in total. The van der Waals surface area contributed by atoms with E-state index in [1.807, 2.05) is 0 Å². The smallest absolute Gasteiger partial charge is 0.240 e. The molecule has 1 saturated heterocycles. The van der Waals surface area contributed by atoms with Gasteiger partial charge < -0.3 is 14.4 Å². The van der Waals surface area contributed by atoms with Gasteiger partial charge in [0.05, 0.1) is 18.1 Å². The zero-order valence-electron chi connectivity index (χ0n) is 14.0. The van der Waals surface area contributed by atoms with Crippen LogP contribution < -0.4 is 14.2 Å². The minimum atomic E-state index is -3.51. The van der Waals surface area contributed by atoms with E-state index in [1.54, 1.807) is 18.2 Å². The Morgan fingerprint density at radius 1 is 1.00 bits per heavy atom. The van der Waals surface area contributed by atoms with Gasteiger partial charge in [-0.2, -0.15) is 0 Å². The lowest BCUT2D eigenvalue weighted by molar-refractivity contribution is 0.227. The van der Waals surface area contributed by atoms with Gasteiger partial charge in [-0.05, 0) is 51.0 Å². The lowest BCUT2D eigenvalue weighted by atomic mass is 10.1. The van der Waals surface area contributed by atoms with E-state index in [0.717, 1.165) is 32.5 Å². The van der Waals surface area contributed by atoms with Crippen LogP contribution in [0.1, 0.15) is 32.1 Å². The molecule has 0 aromatic heterocycles. The Labute approximate surface area is 144 Å². The first kappa shape index (κ1) is 17.5. The van der Waals surface area contributed by atoms with Gasteiger partial charge in [-0.3, -0.25) is 0 Å². The summed E-state index contributed by atoms with van der Waals surface area (Å²) in [6.45, 7) is 4.80. The second kappa shape index (κ2) is 8.18. The van der Waals surface area contributed by atoms with Crippen molar-refractivity contribution in [3.8, 4) is 11.5 Å². The van der Waals surface area contributed by atoms with Gasteiger partial charge in [0.1, 0.15) is 0 Å². The Balaban J connectivity index is 1.54. The molecule has 0 bridgehead atoms. The first-order valence-corrected chi connectivity index (χ1v) is 10.3. The Hall–Kier alpha value is -1.31. The van der Waals surface area contributed by atoms with Crippen molar-refractivity contribution in [1.29, 1.82) is 0 Å². The highest BCUT2D eigenvalue weighted by Crippen LogP contribution is 2.31. The summed E-state index contributed by atoms with van der Waals surface area (Å²) < 4.78 is 38.7. The quantitative estimate of drug-likeness (QED) is 0.792. The lowest BCUT2D eigenvalue weighted by Crippen LogP contribution is -2.33. The SMILES string of the molecule is O=S(=O)(NCCCN1CCCCC1)c1ccc2c(c1)OCCCO2. The molecule has 0 atom stereocenters. The van der Waals surface area contributed by atoms with Crippen molar-refractivity contribution in [3.05, 3.63) is 18.2 Å². The van der Waals surface area contributed by atoms with Gasteiger partial charge >= 0.3 is 0 Å². The number of nitrogens with one attached hydrogen (secondary N) is 1. The lowest BCUT2D eigenvalue weighted by Gasteiger charge is -2.26. The number of likely N-dealkylation sites (tertiary alicyclic amines) is 1. The number of ether oxygens (including phenoxy) is 2. The fourth-order valence-electron chi connectivity index (χ4n) is 3.09. The number of fused-ring (bicyclic) bond motifs is 1. The van der Waals surface area contributed by atoms with E-state index >= 15 is 0 Å². The average Bonchev–Trinajstić information content (AvgIpc) is 2.84. The third-order valence-corrected chi connectivity index (χ3v) is 5.88. The average molecular weight is 354 g/mol. The first-order valence-electron chi connectivity index (χ1n) is 8.77. The van der Waals surface area contributed by atoms with E-state index in [1.165, 1.54) is 19.3 Å². The van der Waals surface area contributed by atoms with E-state index in [9.17, 15) is 8.42 Å². The van der Waals surface area contributed by atoms with Crippen LogP contribution in [0.25, 0.3) is 0 Å². The van der Waals surface area contributed by atoms with Crippen LogP contribution in [0.5, 0.6) is 11.5 Å². The standard InChI is InChI=1S/C17H26N2O4S/c20-24(21,18-8-4-11-19-9-2-1-3-10-19)15-6-7-16-17(14-15)23-13-5-12-22-16/h6-7,14,18H,1-5,8-13H2. The number of hydrogen-bond donors (Lipinski definition) is 1. The molecule has 0 amide bonds. The Morgan fingerprint density at radius 2 is 1.75 bits per heavy atom. The maximum Gasteiger partial charge on any atom is 0.240 e. The number of piperidine rings is 1. The normalized spacial score (nSPS) is 19.0. The predicted octanol–water partition coefficient (Wildman–Crippen LogP) is 2.00. The van der Waals surface area contributed by atoms with Gasteiger partial charge in [-0.25, -0.2) is 13.1 Å². The zero-order chi connectivity index (χ0) is 16.8. The summed E-state index contributed by atoms with van der Waals surface area (Å²) >= 11 is 0. The van der Waals surface area contributed by atoms with Crippen LogP contribution in [0.4, 0.5) is 0 Å². The van der Waals surface area contributed by atoms with Crippen LogP contribution in [0.15, 0.2) is 23.1 Å². The highest BCUT2D eigenvalue weighted by molar-refractivity contribution is 7.89. The molecule has 2 aliphatic heterocycles. The third-order valence-electron chi connectivity index (χ3n) is 4.42. The third kappa shape index (κ3) is 4.62. The van der Waals surface area contributed by atoms with Crippen molar-refractivity contribution in [1.82, 2.24) is 9.62 Å². The summed E-state index contributed by atoms with van der Waals surface area (Å²) in [7, 11) is -3.51. The van der Waals surface area contributed by atoms with Gasteiger partial charge in [-0.1, -0.05) is 6.42 Å². The monoisotopic (exact) mass is 354 g/mol. The van der Waals surface area contributed by atoms with Crippen molar-refractivity contribution < 1.29 is 17.9 Å². The van der Waals surface area contributed by atoms with Gasteiger partial charge in [-0.15, -0.1) is 0 Å². The summed E-state index contributed by atoms with van der Waals surface area (Å²) in [4.78, 5) is 2.63. The molecule has 1 aromatic carbocycles. The molecule has 0 aliphatic carbocycles. The Bertz CT molecular complexity index is 642. The zero-order valence-corrected chi connectivity index (χ0v) is 14.8. The van der Waals surface area contributed by atoms with Gasteiger partial charge in [0.25, 0.3) is 0 Å². The van der Waals surface area contributed by atoms with E-state index in [0.29, 0.717) is 31.3 Å². The van der Waals surface area contributed by atoms with Crippen LogP contribution in [0.2, 0.25) is 0 Å². The van der Waals surface area contributed by atoms with Gasteiger partial charge in [0.15, 0.2) is 11.5 Å². The van der Waals surface area contributed by atoms with Crippen molar-refractivity contribution >= 4 is 10.0 Å². The second-order valence-electron chi connectivity index (χ2n) is 6.31. The molecule has 0 spiro atoms. The number of nitrogens with zero attached hydrogens (tertiary/aromatic N) is 1. The Morgan fingerprint density at radius 3 is 2.54 bits per heavy atom. The highest BCUT2D eigenvalue weighted by atomic mass is 32.2. The van der Waals surface area contributed by atoms with Crippen molar-refractivity contribution in [2.75, 3.05) is 39.4 Å². The summed E-state index contributed by atoms with van der Waals surface area (Å²) in [5, 5.41) is 0. The molecule has 7 heteroatoms. The predicted molar refractivity (Wildman–Crippen MR) is 92.1 cm³/mol. The molecule has 2 heterocycles. The molecule has 1 fully saturated rings. The van der Waals surface area contributed by atoms with Crippen molar-refractivity contribution in [2.45, 2.75) is 37.0 Å². The molecule has 1 aromatic rings. The number of rotatable bonds is 6. The summed E-state index contributed by atoms with van der Waals surface area (Å²) in [5.41, 5.74) is 0. The fraction of sp³-hybridized carbons (Fsp3) is 0.647. The van der Waals surface area contributed by atoms with Crippen LogP contribution in [0, 0.1) is 0 Å². The topological polar surface area (TPSA) is 67.9 Å². The summed E-state index contributed by atoms with van der Waals surface area (Å²) in [6, 6.07) is 4.79. The molecule has 24 heavy (non-hydrogen) atoms. The number of benzene rings is 1. The van der Waals surface area contributed by atoms with Crippen LogP contribution >= 0.6 is 0 Å². The maximum absolute atomic E-state index is 12.4. The summed E-state index contributed by atoms with van der Waals surface area (Å²) in [5.74, 6) is 1.11. The van der Waals surface area contributed by atoms with Crippen molar-refractivity contribution in [3.63, 3.8) is 0 Å². The van der Waals surface area contributed by atoms with E-state index in [4.69, 9.17) is 9.47 Å². The highest BCUT2D eigenvalue weighted by Gasteiger charge is 2.18. The molecule has 3 rings (SSSR count). The first-order chi connectivity index (χ1) is 11.6. The molecule has 6 nitrogen and oxygen atoms in total. The van der Waals surface area contributed by atoms with E-state index in [-0.39, 0.29) is 4.90 Å². The molecule has 0 saturated carbocycles. The molecule has 0 unspecified atom stereocenters. The number of hydrogen-bond acceptors (Lipinski definition) is 5. The molecule has 0 radical (unpaired) electrons. The molecular weight excluding hydrogens is 328 g/mol. The number of sulfonamides is 1. The van der Waals surface area contributed by atoms with E-state index < -0.39 is 10.0 Å². The molecular formula is C17H26N2O4S. The second-order valence-corrected chi connectivity index (χ2v) is 8.08. The van der Waals surface area contributed by atoms with Crippen molar-refractivity contribution in [2.24, 2.45) is 0 Å². The van der Waals surface area contributed by atoms with Crippen LogP contribution in [0.3, 0.4) is 0 Å². The van der Waals surface area contributed by atoms with Gasteiger partial charge in [0.2, 0.25) is 10.0 Å². The van der Waals surface area contributed by atoms with Crippen LogP contribution in [-0.2, 0) is 10.0 Å².